The van der Waals surface area contributed by atoms with Crippen molar-refractivity contribution in [3.8, 4) is 11.5 Å². The van der Waals surface area contributed by atoms with Gasteiger partial charge < -0.3 is 14.4 Å². The van der Waals surface area contributed by atoms with Crippen LogP contribution in [0.4, 0.5) is 0 Å². The molecule has 0 heterocycles. The highest BCUT2D eigenvalue weighted by Crippen LogP contribution is 2.33. The summed E-state index contributed by atoms with van der Waals surface area (Å²) >= 11 is 6.08. The van der Waals surface area contributed by atoms with Crippen LogP contribution in [0.15, 0.2) is 12.1 Å². The molecule has 0 amide bonds. The third-order valence-electron chi connectivity index (χ3n) is 2.56. The van der Waals surface area contributed by atoms with E-state index < -0.39 is 0 Å². The Bertz CT molecular complexity index is 432. The summed E-state index contributed by atoms with van der Waals surface area (Å²) in [4.78, 5) is 14.0. The Morgan fingerprint density at radius 3 is 2.28 bits per heavy atom. The zero-order valence-corrected chi connectivity index (χ0v) is 11.9. The summed E-state index contributed by atoms with van der Waals surface area (Å²) in [5.74, 6) is 1.02. The molecule has 0 saturated carbocycles. The lowest BCUT2D eigenvalue weighted by Crippen LogP contribution is -2.17. The van der Waals surface area contributed by atoms with Crippen LogP contribution in [0.25, 0.3) is 0 Å². The molecule has 0 spiro atoms. The van der Waals surface area contributed by atoms with Gasteiger partial charge in [0, 0.05) is 24.6 Å². The van der Waals surface area contributed by atoms with E-state index in [1.165, 1.54) is 14.2 Å². The summed E-state index contributed by atoms with van der Waals surface area (Å²) in [6, 6.07) is 3.22. The van der Waals surface area contributed by atoms with Crippen LogP contribution in [0.2, 0.25) is 5.02 Å². The number of nitrogens with zero attached hydrogens (tertiary/aromatic N) is 1. The van der Waals surface area contributed by atoms with E-state index in [9.17, 15) is 4.79 Å². The molecule has 0 radical (unpaired) electrons. The molecule has 0 aromatic heterocycles. The predicted molar refractivity (Wildman–Crippen MR) is 72.1 cm³/mol. The fourth-order valence-corrected chi connectivity index (χ4v) is 1.79. The van der Waals surface area contributed by atoms with Crippen LogP contribution in [0.5, 0.6) is 11.5 Å². The number of carbonyl (C=O) groups excluding carboxylic acids is 1. The van der Waals surface area contributed by atoms with Crippen LogP contribution in [0.3, 0.4) is 0 Å². The fourth-order valence-electron chi connectivity index (χ4n) is 1.53. The number of benzene rings is 1. The summed E-state index contributed by atoms with van der Waals surface area (Å²) in [6.45, 7) is 0.684. The molecule has 0 aliphatic heterocycles. The largest absolute Gasteiger partial charge is 0.493 e. The standard InChI is InChI=1S/C13H18ClNO3/c1-15(2)6-5-11(16)9-7-12(17-3)13(18-4)8-10(9)14/h7-8H,5-6H2,1-4H3. The highest BCUT2D eigenvalue weighted by molar-refractivity contribution is 6.34. The van der Waals surface area contributed by atoms with Crippen molar-refractivity contribution in [3.63, 3.8) is 0 Å². The van der Waals surface area contributed by atoms with E-state index in [4.69, 9.17) is 21.1 Å². The van der Waals surface area contributed by atoms with E-state index in [0.29, 0.717) is 35.1 Å². The smallest absolute Gasteiger partial charge is 0.165 e. The number of ether oxygens (including phenoxy) is 2. The molecule has 0 atom stereocenters. The second-order valence-corrected chi connectivity index (χ2v) is 4.57. The summed E-state index contributed by atoms with van der Waals surface area (Å²) in [7, 11) is 6.90. The van der Waals surface area contributed by atoms with Gasteiger partial charge in [-0.3, -0.25) is 4.79 Å². The lowest BCUT2D eigenvalue weighted by atomic mass is 10.1. The Balaban J connectivity index is 2.98. The van der Waals surface area contributed by atoms with Crippen LogP contribution in [-0.2, 0) is 0 Å². The molecule has 1 aromatic carbocycles. The molecule has 1 rings (SSSR count). The maximum absolute atomic E-state index is 12.0. The minimum atomic E-state index is -0.00495. The predicted octanol–water partition coefficient (Wildman–Crippen LogP) is 2.49. The maximum atomic E-state index is 12.0. The van der Waals surface area contributed by atoms with Gasteiger partial charge >= 0.3 is 0 Å². The Hall–Kier alpha value is -1.26. The molecule has 0 N–H and O–H groups in total. The Morgan fingerprint density at radius 2 is 1.78 bits per heavy atom. The molecule has 5 heteroatoms. The van der Waals surface area contributed by atoms with Crippen LogP contribution < -0.4 is 9.47 Å². The second-order valence-electron chi connectivity index (χ2n) is 4.16. The van der Waals surface area contributed by atoms with E-state index >= 15 is 0 Å². The van der Waals surface area contributed by atoms with Crippen LogP contribution in [0, 0.1) is 0 Å². The second kappa shape index (κ2) is 6.61. The zero-order valence-electron chi connectivity index (χ0n) is 11.1. The molecular weight excluding hydrogens is 254 g/mol. The number of hydrogen-bond donors (Lipinski definition) is 0. The van der Waals surface area contributed by atoms with Crippen LogP contribution in [0.1, 0.15) is 16.8 Å². The molecule has 100 valence electrons. The first-order valence-corrected chi connectivity index (χ1v) is 5.96. The van der Waals surface area contributed by atoms with Crippen molar-refractivity contribution < 1.29 is 14.3 Å². The van der Waals surface area contributed by atoms with E-state index in [1.54, 1.807) is 12.1 Å². The minimum absolute atomic E-state index is 0.00495. The molecule has 0 unspecified atom stereocenters. The van der Waals surface area contributed by atoms with Gasteiger partial charge in [0.25, 0.3) is 0 Å². The van der Waals surface area contributed by atoms with Crippen LogP contribution >= 0.6 is 11.6 Å². The number of rotatable bonds is 6. The van der Waals surface area contributed by atoms with Gasteiger partial charge in [-0.2, -0.15) is 0 Å². The Kier molecular flexibility index (Phi) is 5.44. The van der Waals surface area contributed by atoms with Gasteiger partial charge in [-0.05, 0) is 20.2 Å². The number of carbonyl (C=O) groups is 1. The molecule has 0 bridgehead atoms. The monoisotopic (exact) mass is 271 g/mol. The molecular formula is C13H18ClNO3. The zero-order chi connectivity index (χ0) is 13.7. The lowest BCUT2D eigenvalue weighted by molar-refractivity contribution is 0.0972. The van der Waals surface area contributed by atoms with Crippen molar-refractivity contribution in [3.05, 3.63) is 22.7 Å². The molecule has 0 aliphatic rings. The first-order valence-electron chi connectivity index (χ1n) is 5.59. The van der Waals surface area contributed by atoms with Gasteiger partial charge in [0.05, 0.1) is 19.2 Å². The van der Waals surface area contributed by atoms with E-state index in [2.05, 4.69) is 0 Å². The molecule has 1 aromatic rings. The van der Waals surface area contributed by atoms with Gasteiger partial charge in [0.15, 0.2) is 17.3 Å². The number of ketones is 1. The summed E-state index contributed by atoms with van der Waals surface area (Å²) < 4.78 is 10.3. The molecule has 0 fully saturated rings. The number of Topliss-reactive ketones (excluding diaryl/α,β-unsaturated/α-hetero) is 1. The van der Waals surface area contributed by atoms with Crippen molar-refractivity contribution in [1.82, 2.24) is 4.90 Å². The van der Waals surface area contributed by atoms with Gasteiger partial charge in [-0.15, -0.1) is 0 Å². The van der Waals surface area contributed by atoms with E-state index in [-0.39, 0.29) is 5.78 Å². The summed E-state index contributed by atoms with van der Waals surface area (Å²) in [6.07, 6.45) is 0.419. The normalized spacial score (nSPS) is 10.6. The maximum Gasteiger partial charge on any atom is 0.165 e. The number of halogens is 1. The first-order chi connectivity index (χ1) is 8.49. The number of methoxy groups -OCH3 is 2. The summed E-state index contributed by atoms with van der Waals surface area (Å²) in [5, 5.41) is 0.386. The van der Waals surface area contributed by atoms with E-state index in [0.717, 1.165) is 0 Å². The van der Waals surface area contributed by atoms with Gasteiger partial charge in [0.2, 0.25) is 0 Å². The molecule has 18 heavy (non-hydrogen) atoms. The average Bonchev–Trinajstić information content (AvgIpc) is 2.35. The van der Waals surface area contributed by atoms with Gasteiger partial charge in [-0.1, -0.05) is 11.6 Å². The Labute approximate surface area is 112 Å². The fraction of sp³-hybridized carbons (Fsp3) is 0.462. The molecule has 4 nitrogen and oxygen atoms in total. The van der Waals surface area contributed by atoms with Crippen molar-refractivity contribution in [2.45, 2.75) is 6.42 Å². The lowest BCUT2D eigenvalue weighted by Gasteiger charge is -2.12. The van der Waals surface area contributed by atoms with Gasteiger partial charge in [-0.25, -0.2) is 0 Å². The first kappa shape index (κ1) is 14.8. The molecule has 0 saturated heterocycles. The van der Waals surface area contributed by atoms with Crippen molar-refractivity contribution in [2.24, 2.45) is 0 Å². The van der Waals surface area contributed by atoms with E-state index in [1.807, 2.05) is 19.0 Å². The quantitative estimate of drug-likeness (QED) is 0.745. The minimum Gasteiger partial charge on any atom is -0.493 e. The SMILES string of the molecule is COc1cc(Cl)c(C(=O)CCN(C)C)cc1OC. The van der Waals surface area contributed by atoms with Crippen molar-refractivity contribution in [1.29, 1.82) is 0 Å². The number of hydrogen-bond acceptors (Lipinski definition) is 4. The highest BCUT2D eigenvalue weighted by Gasteiger charge is 2.15. The van der Waals surface area contributed by atoms with Crippen LogP contribution in [-0.4, -0.2) is 45.5 Å². The van der Waals surface area contributed by atoms with Gasteiger partial charge in [0.1, 0.15) is 0 Å². The van der Waals surface area contributed by atoms with Crippen molar-refractivity contribution >= 4 is 17.4 Å². The third-order valence-corrected chi connectivity index (χ3v) is 2.87. The highest BCUT2D eigenvalue weighted by atomic mass is 35.5. The Morgan fingerprint density at radius 1 is 1.22 bits per heavy atom. The topological polar surface area (TPSA) is 38.8 Å². The average molecular weight is 272 g/mol. The summed E-state index contributed by atoms with van der Waals surface area (Å²) in [5.41, 5.74) is 0.469. The molecule has 0 aliphatic carbocycles. The van der Waals surface area contributed by atoms with Crippen molar-refractivity contribution in [2.75, 3.05) is 34.9 Å². The third kappa shape index (κ3) is 3.62.